The van der Waals surface area contributed by atoms with Gasteiger partial charge in [-0.25, -0.2) is 9.18 Å². The van der Waals surface area contributed by atoms with Crippen LogP contribution >= 0.6 is 0 Å². The van der Waals surface area contributed by atoms with Crippen LogP contribution in [0.2, 0.25) is 0 Å². The fraction of sp³-hybridized carbons (Fsp3) is 0.111. The third kappa shape index (κ3) is 2.73. The summed E-state index contributed by atoms with van der Waals surface area (Å²) in [6, 6.07) is 23.4. The number of anilines is 1. The van der Waals surface area contributed by atoms with Gasteiger partial charge < -0.3 is 9.88 Å². The summed E-state index contributed by atoms with van der Waals surface area (Å²) in [5.74, 6) is -0.353. The maximum Gasteiger partial charge on any atom is 0.331 e. The lowest BCUT2D eigenvalue weighted by molar-refractivity contribution is 0.623. The summed E-state index contributed by atoms with van der Waals surface area (Å²) >= 11 is 0. The highest BCUT2D eigenvalue weighted by molar-refractivity contribution is 5.99. The maximum atomic E-state index is 14.3. The Morgan fingerprint density at radius 2 is 1.59 bits per heavy atom. The molecule has 2 aromatic heterocycles. The highest BCUT2D eigenvalue weighted by atomic mass is 19.1. The molecule has 1 N–H and O–H groups in total. The molecule has 0 saturated carbocycles. The van der Waals surface area contributed by atoms with Crippen molar-refractivity contribution in [3.63, 3.8) is 0 Å². The Hall–Kier alpha value is -4.39. The van der Waals surface area contributed by atoms with Crippen LogP contribution in [0.15, 0.2) is 88.5 Å². The van der Waals surface area contributed by atoms with E-state index in [-0.39, 0.29) is 11.4 Å². The summed E-state index contributed by atoms with van der Waals surface area (Å²) in [5.41, 5.74) is 4.43. The number of fused-ring (bicyclic) bond motifs is 5. The Morgan fingerprint density at radius 3 is 2.35 bits per heavy atom. The number of para-hydroxylation sites is 2. The van der Waals surface area contributed by atoms with Crippen LogP contribution in [-0.2, 0) is 14.1 Å². The number of benzene rings is 3. The van der Waals surface area contributed by atoms with Gasteiger partial charge in [0.2, 0.25) is 0 Å². The van der Waals surface area contributed by atoms with Crippen LogP contribution in [0.4, 0.5) is 10.1 Å². The van der Waals surface area contributed by atoms with Gasteiger partial charge >= 0.3 is 5.69 Å². The smallest absolute Gasteiger partial charge is 0.331 e. The molecule has 1 aliphatic heterocycles. The molecule has 34 heavy (non-hydrogen) atoms. The molecule has 0 amide bonds. The van der Waals surface area contributed by atoms with Gasteiger partial charge in [0.1, 0.15) is 5.82 Å². The zero-order valence-electron chi connectivity index (χ0n) is 18.6. The number of halogens is 1. The van der Waals surface area contributed by atoms with E-state index < -0.39 is 11.7 Å². The molecule has 3 heterocycles. The molecule has 1 atom stereocenters. The van der Waals surface area contributed by atoms with Crippen molar-refractivity contribution in [2.75, 3.05) is 5.32 Å². The van der Waals surface area contributed by atoms with Crippen molar-refractivity contribution >= 4 is 16.6 Å². The zero-order valence-corrected chi connectivity index (χ0v) is 18.6. The Labute approximate surface area is 194 Å². The third-order valence-corrected chi connectivity index (χ3v) is 6.56. The minimum absolute atomic E-state index is 0.353. The van der Waals surface area contributed by atoms with Gasteiger partial charge in [-0.2, -0.15) is 0 Å². The Bertz CT molecular complexity index is 1710. The van der Waals surface area contributed by atoms with E-state index in [1.807, 2.05) is 65.2 Å². The zero-order chi connectivity index (χ0) is 23.6. The molecule has 7 heteroatoms. The fourth-order valence-corrected chi connectivity index (χ4v) is 5.02. The van der Waals surface area contributed by atoms with Gasteiger partial charge in [0.15, 0.2) is 0 Å². The molecule has 0 aliphatic carbocycles. The van der Waals surface area contributed by atoms with Crippen LogP contribution in [0.3, 0.4) is 0 Å². The Kier molecular flexibility index (Phi) is 4.35. The first kappa shape index (κ1) is 20.2. The van der Waals surface area contributed by atoms with E-state index in [1.54, 1.807) is 13.1 Å². The van der Waals surface area contributed by atoms with E-state index in [2.05, 4.69) is 5.32 Å². The van der Waals surface area contributed by atoms with Crippen molar-refractivity contribution in [2.45, 2.75) is 6.04 Å². The van der Waals surface area contributed by atoms with E-state index in [0.717, 1.165) is 27.2 Å². The normalized spacial score (nSPS) is 14.5. The van der Waals surface area contributed by atoms with Gasteiger partial charge in [-0.05, 0) is 35.4 Å². The number of aromatic nitrogens is 3. The van der Waals surface area contributed by atoms with E-state index in [1.165, 1.54) is 23.7 Å². The molecule has 3 aromatic carbocycles. The molecule has 1 aliphatic rings. The largest absolute Gasteiger partial charge is 0.371 e. The predicted octanol–water partition coefficient (Wildman–Crippen LogP) is 4.35. The van der Waals surface area contributed by atoms with Crippen LogP contribution in [0, 0.1) is 5.82 Å². The van der Waals surface area contributed by atoms with E-state index in [4.69, 9.17) is 0 Å². The highest BCUT2D eigenvalue weighted by Crippen LogP contribution is 2.45. The number of rotatable bonds is 2. The minimum atomic E-state index is -0.483. The first-order valence-electron chi connectivity index (χ1n) is 11.0. The number of hydrogen-bond donors (Lipinski definition) is 1. The third-order valence-electron chi connectivity index (χ3n) is 6.56. The molecular weight excluding hydrogens is 431 g/mol. The second-order valence-corrected chi connectivity index (χ2v) is 8.51. The maximum absolute atomic E-state index is 14.3. The molecule has 6 rings (SSSR count). The summed E-state index contributed by atoms with van der Waals surface area (Å²) in [6.07, 6.45) is 0. The lowest BCUT2D eigenvalue weighted by Crippen LogP contribution is -2.37. The molecular formula is C27H21FN4O2. The average Bonchev–Trinajstić information content (AvgIpc) is 3.23. The fourth-order valence-electron chi connectivity index (χ4n) is 5.02. The lowest BCUT2D eigenvalue weighted by Gasteiger charge is -2.31. The van der Waals surface area contributed by atoms with Crippen molar-refractivity contribution in [3.05, 3.63) is 117 Å². The van der Waals surface area contributed by atoms with Crippen molar-refractivity contribution in [2.24, 2.45) is 14.1 Å². The summed E-state index contributed by atoms with van der Waals surface area (Å²) < 4.78 is 19.0. The quantitative estimate of drug-likeness (QED) is 0.433. The number of nitrogens with zero attached hydrogens (tertiary/aromatic N) is 3. The average molecular weight is 452 g/mol. The lowest BCUT2D eigenvalue weighted by atomic mass is 9.99. The van der Waals surface area contributed by atoms with Crippen molar-refractivity contribution in [1.29, 1.82) is 0 Å². The molecule has 0 fully saturated rings. The number of nitrogens with one attached hydrogen (secondary N) is 1. The van der Waals surface area contributed by atoms with Gasteiger partial charge in [0, 0.05) is 14.1 Å². The van der Waals surface area contributed by atoms with Gasteiger partial charge in [-0.3, -0.25) is 13.9 Å². The summed E-state index contributed by atoms with van der Waals surface area (Å²) in [6.45, 7) is 0. The van der Waals surface area contributed by atoms with Crippen LogP contribution < -0.4 is 16.6 Å². The van der Waals surface area contributed by atoms with Crippen molar-refractivity contribution < 1.29 is 4.39 Å². The van der Waals surface area contributed by atoms with Crippen LogP contribution in [0.5, 0.6) is 0 Å². The standard InChI is InChI=1S/C27H21FN4O2/c1-30-24-21(26(33)31(2)27(30)34)23(16-9-4-3-5-10-16)32-20-14-7-6-13-19(20)29-22(25(24)32)17-11-8-12-18(28)15-17/h3-15,22,29H,1-2H3/t22-/m0/s1. The monoisotopic (exact) mass is 452 g/mol. The summed E-state index contributed by atoms with van der Waals surface area (Å²) in [7, 11) is 3.16. The molecule has 0 unspecified atom stereocenters. The second-order valence-electron chi connectivity index (χ2n) is 8.51. The van der Waals surface area contributed by atoms with Gasteiger partial charge in [0.25, 0.3) is 5.56 Å². The van der Waals surface area contributed by atoms with Crippen molar-refractivity contribution in [3.8, 4) is 16.9 Å². The summed E-state index contributed by atoms with van der Waals surface area (Å²) in [4.78, 5) is 26.6. The van der Waals surface area contributed by atoms with E-state index in [9.17, 15) is 14.0 Å². The Balaban J connectivity index is 1.87. The van der Waals surface area contributed by atoms with Gasteiger partial charge in [0.05, 0.1) is 39.7 Å². The van der Waals surface area contributed by atoms with Crippen molar-refractivity contribution in [1.82, 2.24) is 13.7 Å². The first-order chi connectivity index (χ1) is 16.5. The van der Waals surface area contributed by atoms with E-state index in [0.29, 0.717) is 22.2 Å². The SMILES string of the molecule is Cn1c(=O)c2c(-c3ccccc3)n3c(c2n(C)c1=O)[C@H](c1cccc(F)c1)Nc1ccccc1-3. The van der Waals surface area contributed by atoms with E-state index >= 15 is 0 Å². The highest BCUT2D eigenvalue weighted by Gasteiger charge is 2.34. The topological polar surface area (TPSA) is 61.0 Å². The van der Waals surface area contributed by atoms with Crippen LogP contribution in [0.25, 0.3) is 27.8 Å². The summed E-state index contributed by atoms with van der Waals surface area (Å²) in [5, 5.41) is 3.97. The van der Waals surface area contributed by atoms with Crippen LogP contribution in [-0.4, -0.2) is 13.7 Å². The molecule has 168 valence electrons. The molecule has 6 nitrogen and oxygen atoms in total. The second kappa shape index (κ2) is 7.31. The molecule has 0 bridgehead atoms. The molecule has 0 spiro atoms. The first-order valence-corrected chi connectivity index (χ1v) is 11.0. The van der Waals surface area contributed by atoms with Gasteiger partial charge in [-0.15, -0.1) is 0 Å². The van der Waals surface area contributed by atoms with Gasteiger partial charge in [-0.1, -0.05) is 54.6 Å². The molecule has 5 aromatic rings. The number of aryl methyl sites for hydroxylation is 1. The minimum Gasteiger partial charge on any atom is -0.371 e. The van der Waals surface area contributed by atoms with Crippen LogP contribution in [0.1, 0.15) is 17.3 Å². The number of hydrogen-bond acceptors (Lipinski definition) is 3. The molecule has 0 radical (unpaired) electrons. The Morgan fingerprint density at radius 1 is 0.853 bits per heavy atom. The predicted molar refractivity (Wildman–Crippen MR) is 131 cm³/mol. The molecule has 0 saturated heterocycles.